The molecular formula is C78H151NO5. The minimum absolute atomic E-state index is 0.0147. The third-order valence-corrected chi connectivity index (χ3v) is 18.2. The lowest BCUT2D eigenvalue weighted by Gasteiger charge is -2.20. The summed E-state index contributed by atoms with van der Waals surface area (Å²) in [4.78, 5) is 24.7. The number of aliphatic hydroxyl groups excluding tert-OH is 2. The van der Waals surface area contributed by atoms with Crippen molar-refractivity contribution in [3.8, 4) is 0 Å². The average Bonchev–Trinajstić information content (AvgIpc) is 3.51. The Morgan fingerprint density at radius 2 is 0.560 bits per heavy atom. The molecule has 0 saturated heterocycles. The first-order valence-corrected chi connectivity index (χ1v) is 38.6. The lowest BCUT2D eigenvalue weighted by atomic mass is 10.0. The molecule has 6 nitrogen and oxygen atoms in total. The van der Waals surface area contributed by atoms with Crippen molar-refractivity contribution in [3.05, 3.63) is 24.3 Å². The number of nitrogens with one attached hydrogen (secondary N) is 1. The zero-order valence-electron chi connectivity index (χ0n) is 57.2. The van der Waals surface area contributed by atoms with Crippen molar-refractivity contribution in [2.45, 2.75) is 450 Å². The van der Waals surface area contributed by atoms with Gasteiger partial charge in [0, 0.05) is 12.8 Å². The summed E-state index contributed by atoms with van der Waals surface area (Å²) < 4.78 is 5.51. The number of unbranched alkanes of at least 4 members (excludes halogenated alkanes) is 60. The van der Waals surface area contributed by atoms with Crippen LogP contribution in [0.25, 0.3) is 0 Å². The van der Waals surface area contributed by atoms with Crippen LogP contribution in [0.3, 0.4) is 0 Å². The lowest BCUT2D eigenvalue weighted by Crippen LogP contribution is -2.45. The standard InChI is InChI=1S/C78H151NO5/c1-3-5-7-9-11-13-15-17-19-21-23-24-25-26-28-31-35-38-42-46-50-54-58-62-66-70-76(81)75(74-80)79-77(82)71-67-63-59-55-51-47-43-39-36-32-29-27-30-33-37-41-45-49-53-57-61-65-69-73-84-78(83)72-68-64-60-56-52-48-44-40-34-22-20-18-16-14-12-10-8-6-4-2/h18,20,66,70,75-76,80-81H,3-17,19,21-65,67-69,71-74H2,1-2H3,(H,79,82)/b20-18-,70-66+. The van der Waals surface area contributed by atoms with Gasteiger partial charge in [-0.05, 0) is 57.8 Å². The Labute approximate surface area is 526 Å². The first-order chi connectivity index (χ1) is 41.5. The first-order valence-electron chi connectivity index (χ1n) is 38.6. The summed E-state index contributed by atoms with van der Waals surface area (Å²) in [5.41, 5.74) is 0. The van der Waals surface area contributed by atoms with Gasteiger partial charge in [0.15, 0.2) is 0 Å². The molecule has 0 radical (unpaired) electrons. The summed E-state index contributed by atoms with van der Waals surface area (Å²) in [6.45, 7) is 4.95. The van der Waals surface area contributed by atoms with Gasteiger partial charge >= 0.3 is 5.97 Å². The van der Waals surface area contributed by atoms with E-state index in [9.17, 15) is 19.8 Å². The van der Waals surface area contributed by atoms with Crippen LogP contribution < -0.4 is 5.32 Å². The van der Waals surface area contributed by atoms with Crippen LogP contribution >= 0.6 is 0 Å². The number of hydrogen-bond acceptors (Lipinski definition) is 5. The van der Waals surface area contributed by atoms with E-state index < -0.39 is 12.1 Å². The second-order valence-corrected chi connectivity index (χ2v) is 26.7. The van der Waals surface area contributed by atoms with Crippen molar-refractivity contribution in [3.63, 3.8) is 0 Å². The number of hydrogen-bond donors (Lipinski definition) is 3. The number of rotatable bonds is 73. The van der Waals surface area contributed by atoms with Gasteiger partial charge in [-0.2, -0.15) is 0 Å². The van der Waals surface area contributed by atoms with Crippen LogP contribution in [0.15, 0.2) is 24.3 Å². The fourth-order valence-corrected chi connectivity index (χ4v) is 12.3. The Morgan fingerprint density at radius 1 is 0.321 bits per heavy atom. The van der Waals surface area contributed by atoms with Gasteiger partial charge in [-0.1, -0.05) is 391 Å². The van der Waals surface area contributed by atoms with Gasteiger partial charge in [-0.15, -0.1) is 0 Å². The Balaban J connectivity index is 3.38. The fraction of sp³-hybridized carbons (Fsp3) is 0.923. The highest BCUT2D eigenvalue weighted by atomic mass is 16.5. The molecular weight excluding hydrogens is 1030 g/mol. The molecule has 498 valence electrons. The van der Waals surface area contributed by atoms with Crippen molar-refractivity contribution < 1.29 is 24.5 Å². The maximum atomic E-state index is 12.6. The summed E-state index contributed by atoms with van der Waals surface area (Å²) in [6, 6.07) is -0.629. The molecule has 0 heterocycles. The minimum atomic E-state index is -0.846. The third-order valence-electron chi connectivity index (χ3n) is 18.2. The smallest absolute Gasteiger partial charge is 0.305 e. The fourth-order valence-electron chi connectivity index (χ4n) is 12.3. The zero-order chi connectivity index (χ0) is 60.6. The van der Waals surface area contributed by atoms with E-state index in [0.29, 0.717) is 19.4 Å². The van der Waals surface area contributed by atoms with Gasteiger partial charge in [-0.3, -0.25) is 9.59 Å². The van der Waals surface area contributed by atoms with Gasteiger partial charge in [-0.25, -0.2) is 0 Å². The van der Waals surface area contributed by atoms with Gasteiger partial charge in [0.25, 0.3) is 0 Å². The summed E-state index contributed by atoms with van der Waals surface area (Å²) in [5.74, 6) is -0.0474. The molecule has 2 atom stereocenters. The number of carbonyl (C=O) groups excluding carboxylic acids is 2. The second-order valence-electron chi connectivity index (χ2n) is 26.7. The van der Waals surface area contributed by atoms with E-state index in [1.54, 1.807) is 6.08 Å². The summed E-state index contributed by atoms with van der Waals surface area (Å²) in [5, 5.41) is 23.3. The Bertz CT molecular complexity index is 1320. The molecule has 0 bridgehead atoms. The largest absolute Gasteiger partial charge is 0.466 e. The molecule has 1 amide bonds. The molecule has 0 aliphatic heterocycles. The Hall–Kier alpha value is -1.66. The number of ether oxygens (including phenoxy) is 1. The molecule has 6 heteroatoms. The monoisotopic (exact) mass is 1180 g/mol. The highest BCUT2D eigenvalue weighted by Gasteiger charge is 2.18. The van der Waals surface area contributed by atoms with E-state index >= 15 is 0 Å². The van der Waals surface area contributed by atoms with Crippen LogP contribution in [0.2, 0.25) is 0 Å². The third kappa shape index (κ3) is 69.4. The topological polar surface area (TPSA) is 95.9 Å². The van der Waals surface area contributed by atoms with Crippen molar-refractivity contribution >= 4 is 11.9 Å². The Kier molecular flexibility index (Phi) is 72.3. The molecule has 0 aliphatic rings. The average molecular weight is 1180 g/mol. The summed E-state index contributed by atoms with van der Waals surface area (Å²) in [6.07, 6.45) is 94.2. The molecule has 0 aromatic rings. The number of allylic oxidation sites excluding steroid dienone is 3. The molecule has 0 aliphatic carbocycles. The van der Waals surface area contributed by atoms with Crippen LogP contribution in [0, 0.1) is 0 Å². The quantitative estimate of drug-likeness (QED) is 0.0320. The van der Waals surface area contributed by atoms with Gasteiger partial charge in [0.2, 0.25) is 5.91 Å². The molecule has 0 aromatic heterocycles. The van der Waals surface area contributed by atoms with Gasteiger partial charge in [0.05, 0.1) is 25.4 Å². The van der Waals surface area contributed by atoms with Crippen LogP contribution in [-0.4, -0.2) is 47.4 Å². The van der Waals surface area contributed by atoms with Gasteiger partial charge in [0.1, 0.15) is 0 Å². The van der Waals surface area contributed by atoms with Crippen molar-refractivity contribution in [1.82, 2.24) is 5.32 Å². The maximum Gasteiger partial charge on any atom is 0.305 e. The van der Waals surface area contributed by atoms with E-state index in [-0.39, 0.29) is 18.5 Å². The van der Waals surface area contributed by atoms with Crippen LogP contribution in [-0.2, 0) is 14.3 Å². The molecule has 0 fully saturated rings. The number of carbonyl (C=O) groups is 2. The molecule has 2 unspecified atom stereocenters. The highest BCUT2D eigenvalue weighted by Crippen LogP contribution is 2.20. The second kappa shape index (κ2) is 73.8. The maximum absolute atomic E-state index is 12.6. The van der Waals surface area contributed by atoms with Crippen molar-refractivity contribution in [2.24, 2.45) is 0 Å². The van der Waals surface area contributed by atoms with Crippen LogP contribution in [0.1, 0.15) is 438 Å². The lowest BCUT2D eigenvalue weighted by molar-refractivity contribution is -0.143. The van der Waals surface area contributed by atoms with E-state index in [1.807, 2.05) is 6.08 Å². The number of esters is 1. The van der Waals surface area contributed by atoms with E-state index in [1.165, 1.54) is 366 Å². The predicted octanol–water partition coefficient (Wildman–Crippen LogP) is 25.3. The normalized spacial score (nSPS) is 12.6. The Morgan fingerprint density at radius 3 is 0.845 bits per heavy atom. The van der Waals surface area contributed by atoms with Crippen molar-refractivity contribution in [1.29, 1.82) is 0 Å². The van der Waals surface area contributed by atoms with Crippen LogP contribution in [0.4, 0.5) is 0 Å². The number of amides is 1. The first kappa shape index (κ1) is 82.3. The predicted molar refractivity (Wildman–Crippen MR) is 370 cm³/mol. The molecule has 0 rings (SSSR count). The van der Waals surface area contributed by atoms with E-state index in [0.717, 1.165) is 44.9 Å². The highest BCUT2D eigenvalue weighted by molar-refractivity contribution is 5.76. The minimum Gasteiger partial charge on any atom is -0.466 e. The van der Waals surface area contributed by atoms with Crippen LogP contribution in [0.5, 0.6) is 0 Å². The van der Waals surface area contributed by atoms with E-state index in [4.69, 9.17) is 4.74 Å². The molecule has 84 heavy (non-hydrogen) atoms. The summed E-state index contributed by atoms with van der Waals surface area (Å²) >= 11 is 0. The van der Waals surface area contributed by atoms with Gasteiger partial charge < -0.3 is 20.3 Å². The zero-order valence-corrected chi connectivity index (χ0v) is 57.2. The van der Waals surface area contributed by atoms with Crippen molar-refractivity contribution in [2.75, 3.05) is 13.2 Å². The molecule has 0 spiro atoms. The SMILES string of the molecule is CCCCCCCC/C=C\CCCCCCCCCCCC(=O)OCCCCCCCCCCCCCCCCCCCCCCCCCC(=O)NC(CO)C(O)/C=C/CCCCCCCCCCCCCCCCCCCCCCCCC. The molecule has 0 saturated carbocycles. The molecule has 3 N–H and O–H groups in total. The summed E-state index contributed by atoms with van der Waals surface area (Å²) in [7, 11) is 0. The molecule has 0 aromatic carbocycles. The number of aliphatic hydroxyl groups is 2. The van der Waals surface area contributed by atoms with E-state index in [2.05, 4.69) is 31.3 Å².